The predicted molar refractivity (Wildman–Crippen MR) is 62.4 cm³/mol. The Kier molecular flexibility index (Phi) is 3.78. The van der Waals surface area contributed by atoms with Crippen LogP contribution in [0, 0.1) is 0 Å². The van der Waals surface area contributed by atoms with Crippen LogP contribution in [0.1, 0.15) is 36.4 Å². The lowest BCUT2D eigenvalue weighted by Crippen LogP contribution is -2.17. The van der Waals surface area contributed by atoms with Crippen LogP contribution >= 0.6 is 0 Å². The summed E-state index contributed by atoms with van der Waals surface area (Å²) in [6.45, 7) is 0.106. The van der Waals surface area contributed by atoms with Gasteiger partial charge in [-0.2, -0.15) is 0 Å². The SMILES string of the molecule is N[C@H]1CCCc2ccc(OCCCF)cc21. The molecule has 16 heavy (non-hydrogen) atoms. The summed E-state index contributed by atoms with van der Waals surface area (Å²) in [5, 5.41) is 0. The van der Waals surface area contributed by atoms with Crippen LogP contribution in [-0.4, -0.2) is 13.3 Å². The lowest BCUT2D eigenvalue weighted by molar-refractivity contribution is 0.289. The third-order valence-corrected chi connectivity index (χ3v) is 3.02. The summed E-state index contributed by atoms with van der Waals surface area (Å²) in [5.41, 5.74) is 8.58. The van der Waals surface area contributed by atoms with E-state index < -0.39 is 0 Å². The zero-order valence-corrected chi connectivity index (χ0v) is 9.42. The van der Waals surface area contributed by atoms with Crippen molar-refractivity contribution in [2.75, 3.05) is 13.3 Å². The van der Waals surface area contributed by atoms with Crippen LogP contribution < -0.4 is 10.5 Å². The van der Waals surface area contributed by atoms with Crippen LogP contribution in [0.4, 0.5) is 4.39 Å². The van der Waals surface area contributed by atoms with Crippen LogP contribution in [-0.2, 0) is 6.42 Å². The Morgan fingerprint density at radius 3 is 3.12 bits per heavy atom. The number of ether oxygens (including phenoxy) is 1. The molecule has 0 amide bonds. The first-order valence-corrected chi connectivity index (χ1v) is 5.88. The molecule has 0 heterocycles. The van der Waals surface area contributed by atoms with Crippen molar-refractivity contribution in [3.8, 4) is 5.75 Å². The first-order valence-electron chi connectivity index (χ1n) is 5.88. The molecule has 0 bridgehead atoms. The van der Waals surface area contributed by atoms with Gasteiger partial charge in [-0.25, -0.2) is 0 Å². The van der Waals surface area contributed by atoms with Crippen molar-refractivity contribution >= 4 is 0 Å². The fourth-order valence-electron chi connectivity index (χ4n) is 2.15. The summed E-state index contributed by atoms with van der Waals surface area (Å²) in [7, 11) is 0. The summed E-state index contributed by atoms with van der Waals surface area (Å²) >= 11 is 0. The van der Waals surface area contributed by atoms with Crippen molar-refractivity contribution in [1.29, 1.82) is 0 Å². The van der Waals surface area contributed by atoms with Gasteiger partial charge in [0.1, 0.15) is 5.75 Å². The van der Waals surface area contributed by atoms with Gasteiger partial charge < -0.3 is 10.5 Å². The van der Waals surface area contributed by atoms with E-state index in [1.165, 1.54) is 11.1 Å². The second-order valence-electron chi connectivity index (χ2n) is 4.25. The topological polar surface area (TPSA) is 35.2 Å². The average Bonchev–Trinajstić information content (AvgIpc) is 2.30. The monoisotopic (exact) mass is 223 g/mol. The van der Waals surface area contributed by atoms with Gasteiger partial charge in [-0.05, 0) is 42.5 Å². The minimum absolute atomic E-state index is 0.133. The molecule has 88 valence electrons. The summed E-state index contributed by atoms with van der Waals surface area (Å²) in [4.78, 5) is 0. The maximum absolute atomic E-state index is 11.9. The molecule has 1 aromatic rings. The van der Waals surface area contributed by atoms with Gasteiger partial charge in [0.05, 0.1) is 13.3 Å². The third kappa shape index (κ3) is 2.53. The van der Waals surface area contributed by atoms with E-state index in [0.29, 0.717) is 13.0 Å². The van der Waals surface area contributed by atoms with Gasteiger partial charge in [-0.15, -0.1) is 0 Å². The molecule has 0 unspecified atom stereocenters. The van der Waals surface area contributed by atoms with Gasteiger partial charge in [0.25, 0.3) is 0 Å². The van der Waals surface area contributed by atoms with E-state index in [1.54, 1.807) is 0 Å². The Morgan fingerprint density at radius 1 is 1.44 bits per heavy atom. The number of rotatable bonds is 4. The molecule has 0 spiro atoms. The van der Waals surface area contributed by atoms with Crippen molar-refractivity contribution in [2.45, 2.75) is 31.7 Å². The van der Waals surface area contributed by atoms with Crippen molar-refractivity contribution in [1.82, 2.24) is 0 Å². The van der Waals surface area contributed by atoms with Crippen LogP contribution in [0.2, 0.25) is 0 Å². The fourth-order valence-corrected chi connectivity index (χ4v) is 2.15. The molecule has 0 aliphatic heterocycles. The van der Waals surface area contributed by atoms with Crippen molar-refractivity contribution < 1.29 is 9.13 Å². The van der Waals surface area contributed by atoms with Crippen molar-refractivity contribution in [3.63, 3.8) is 0 Å². The number of fused-ring (bicyclic) bond motifs is 1. The second kappa shape index (κ2) is 5.30. The van der Waals surface area contributed by atoms with Gasteiger partial charge in [-0.1, -0.05) is 6.07 Å². The predicted octanol–water partition coefficient (Wildman–Crippen LogP) is 2.76. The molecular formula is C13H18FNO. The number of aryl methyl sites for hydroxylation is 1. The molecule has 0 fully saturated rings. The highest BCUT2D eigenvalue weighted by Gasteiger charge is 2.16. The number of halogens is 1. The van der Waals surface area contributed by atoms with E-state index in [1.807, 2.05) is 12.1 Å². The van der Waals surface area contributed by atoms with Crippen LogP contribution in [0.5, 0.6) is 5.75 Å². The Bertz CT molecular complexity index is 354. The Balaban J connectivity index is 2.08. The van der Waals surface area contributed by atoms with Gasteiger partial charge in [0, 0.05) is 12.5 Å². The summed E-state index contributed by atoms with van der Waals surface area (Å²) < 4.78 is 17.4. The van der Waals surface area contributed by atoms with Gasteiger partial charge in [0.2, 0.25) is 0 Å². The molecule has 2 nitrogen and oxygen atoms in total. The average molecular weight is 223 g/mol. The Morgan fingerprint density at radius 2 is 2.31 bits per heavy atom. The molecule has 1 aromatic carbocycles. The molecule has 2 rings (SSSR count). The normalized spacial score (nSPS) is 19.2. The van der Waals surface area contributed by atoms with E-state index in [0.717, 1.165) is 25.0 Å². The largest absolute Gasteiger partial charge is 0.493 e. The zero-order chi connectivity index (χ0) is 11.4. The van der Waals surface area contributed by atoms with Crippen LogP contribution in [0.3, 0.4) is 0 Å². The highest BCUT2D eigenvalue weighted by Crippen LogP contribution is 2.30. The Hall–Kier alpha value is -1.09. The summed E-state index contributed by atoms with van der Waals surface area (Å²) in [6.07, 6.45) is 3.76. The minimum Gasteiger partial charge on any atom is -0.493 e. The fraction of sp³-hybridized carbons (Fsp3) is 0.538. The lowest BCUT2D eigenvalue weighted by Gasteiger charge is -2.22. The van der Waals surface area contributed by atoms with E-state index >= 15 is 0 Å². The van der Waals surface area contributed by atoms with Gasteiger partial charge in [-0.3, -0.25) is 4.39 Å². The molecule has 0 saturated carbocycles. The smallest absolute Gasteiger partial charge is 0.119 e. The van der Waals surface area contributed by atoms with Gasteiger partial charge >= 0.3 is 0 Å². The summed E-state index contributed by atoms with van der Waals surface area (Å²) in [5.74, 6) is 0.810. The van der Waals surface area contributed by atoms with E-state index in [2.05, 4.69) is 6.07 Å². The molecule has 1 aliphatic rings. The molecule has 2 N–H and O–H groups in total. The number of hydrogen-bond donors (Lipinski definition) is 1. The quantitative estimate of drug-likeness (QED) is 0.796. The molecular weight excluding hydrogens is 205 g/mol. The number of nitrogens with two attached hydrogens (primary N) is 1. The van der Waals surface area contributed by atoms with E-state index in [9.17, 15) is 4.39 Å². The molecule has 0 aromatic heterocycles. The number of benzene rings is 1. The first kappa shape index (κ1) is 11.4. The molecule has 1 atom stereocenters. The highest BCUT2D eigenvalue weighted by molar-refractivity contribution is 5.39. The standard InChI is InChI=1S/C13H18FNO/c14-7-2-8-16-11-6-5-10-3-1-4-13(15)12(10)9-11/h5-6,9,13H,1-4,7-8,15H2/t13-/m0/s1. The minimum atomic E-state index is -0.329. The maximum atomic E-state index is 11.9. The highest BCUT2D eigenvalue weighted by atomic mass is 19.1. The molecule has 3 heteroatoms. The second-order valence-corrected chi connectivity index (χ2v) is 4.25. The number of hydrogen-bond acceptors (Lipinski definition) is 2. The molecule has 0 radical (unpaired) electrons. The van der Waals surface area contributed by atoms with Crippen molar-refractivity contribution in [2.24, 2.45) is 5.73 Å². The zero-order valence-electron chi connectivity index (χ0n) is 9.42. The molecule has 0 saturated heterocycles. The first-order chi connectivity index (χ1) is 7.81. The van der Waals surface area contributed by atoms with Crippen LogP contribution in [0.15, 0.2) is 18.2 Å². The lowest BCUT2D eigenvalue weighted by atomic mass is 9.88. The summed E-state index contributed by atoms with van der Waals surface area (Å²) in [6, 6.07) is 6.18. The van der Waals surface area contributed by atoms with E-state index in [4.69, 9.17) is 10.5 Å². The molecule has 1 aliphatic carbocycles. The maximum Gasteiger partial charge on any atom is 0.119 e. The number of alkyl halides is 1. The van der Waals surface area contributed by atoms with Gasteiger partial charge in [0.15, 0.2) is 0 Å². The van der Waals surface area contributed by atoms with Crippen LogP contribution in [0.25, 0.3) is 0 Å². The third-order valence-electron chi connectivity index (χ3n) is 3.02. The van der Waals surface area contributed by atoms with Crippen molar-refractivity contribution in [3.05, 3.63) is 29.3 Å². The Labute approximate surface area is 95.6 Å². The van der Waals surface area contributed by atoms with E-state index in [-0.39, 0.29) is 12.7 Å².